The van der Waals surface area contributed by atoms with Crippen molar-refractivity contribution in [1.29, 1.82) is 0 Å². The number of hydrogen-bond acceptors (Lipinski definition) is 5. The first-order valence-electron chi connectivity index (χ1n) is 10.6. The minimum absolute atomic E-state index is 0.178. The number of nitrogens with zero attached hydrogens (tertiary/aromatic N) is 1. The summed E-state index contributed by atoms with van der Waals surface area (Å²) in [5.41, 5.74) is 1.69. The van der Waals surface area contributed by atoms with Crippen LogP contribution < -0.4 is 19.7 Å². The van der Waals surface area contributed by atoms with Crippen LogP contribution >= 0.6 is 15.9 Å². The molecule has 0 aromatic heterocycles. The van der Waals surface area contributed by atoms with Crippen molar-refractivity contribution in [3.63, 3.8) is 0 Å². The normalized spacial score (nSPS) is 14.8. The number of rotatable bonds is 7. The van der Waals surface area contributed by atoms with Gasteiger partial charge in [-0.1, -0.05) is 46.3 Å². The van der Waals surface area contributed by atoms with Gasteiger partial charge in [0, 0.05) is 10.0 Å². The van der Waals surface area contributed by atoms with E-state index < -0.39 is 17.8 Å². The lowest BCUT2D eigenvalue weighted by molar-refractivity contribution is -0.122. The average molecular weight is 521 g/mol. The highest BCUT2D eigenvalue weighted by Gasteiger charge is 2.37. The Morgan fingerprint density at radius 1 is 0.941 bits per heavy atom. The lowest BCUT2D eigenvalue weighted by atomic mass is 10.1. The fraction of sp³-hybridized carbons (Fsp3) is 0.115. The van der Waals surface area contributed by atoms with E-state index in [1.54, 1.807) is 42.5 Å². The van der Waals surface area contributed by atoms with Gasteiger partial charge in [-0.3, -0.25) is 14.9 Å². The molecule has 7 nitrogen and oxygen atoms in total. The smallest absolute Gasteiger partial charge is 0.335 e. The van der Waals surface area contributed by atoms with Crippen LogP contribution in [0.5, 0.6) is 11.5 Å². The maximum Gasteiger partial charge on any atom is 0.335 e. The number of benzene rings is 3. The predicted octanol–water partition coefficient (Wildman–Crippen LogP) is 5.09. The topological polar surface area (TPSA) is 84.9 Å². The molecule has 0 atom stereocenters. The highest BCUT2D eigenvalue weighted by Crippen LogP contribution is 2.29. The summed E-state index contributed by atoms with van der Waals surface area (Å²) in [4.78, 5) is 39.1. The molecule has 1 N–H and O–H groups in total. The largest absolute Gasteiger partial charge is 0.493 e. The number of ether oxygens (including phenoxy) is 2. The molecule has 0 radical (unpaired) electrons. The van der Waals surface area contributed by atoms with Gasteiger partial charge in [0.15, 0.2) is 0 Å². The number of amides is 4. The molecule has 4 amide bonds. The van der Waals surface area contributed by atoms with Crippen LogP contribution in [-0.2, 0) is 16.2 Å². The van der Waals surface area contributed by atoms with Gasteiger partial charge in [-0.25, -0.2) is 9.69 Å². The molecule has 1 aliphatic rings. The summed E-state index contributed by atoms with van der Waals surface area (Å²) in [6.45, 7) is 2.64. The van der Waals surface area contributed by atoms with Crippen molar-refractivity contribution in [3.8, 4) is 11.5 Å². The number of imide groups is 2. The number of carbonyl (C=O) groups is 3. The number of urea groups is 1. The quantitative estimate of drug-likeness (QED) is 0.346. The van der Waals surface area contributed by atoms with Crippen molar-refractivity contribution in [2.75, 3.05) is 11.5 Å². The summed E-state index contributed by atoms with van der Waals surface area (Å²) >= 11 is 3.39. The summed E-state index contributed by atoms with van der Waals surface area (Å²) in [5.74, 6) is -0.396. The second-order valence-corrected chi connectivity index (χ2v) is 8.26. The third-order valence-corrected chi connectivity index (χ3v) is 5.51. The molecular formula is C26H21BrN2O5. The van der Waals surface area contributed by atoms with E-state index in [2.05, 4.69) is 21.2 Å². The minimum atomic E-state index is -0.815. The number of barbiturate groups is 1. The standard InChI is InChI=1S/C26H21BrN2O5/c1-2-33-23-13-8-19(27)14-18(23)15-22-24(30)28-26(32)29(25(22)31)20-9-11-21(12-10-20)34-16-17-6-4-3-5-7-17/h3-15H,2,16H2,1H3,(H,28,30,32)/b22-15+. The van der Waals surface area contributed by atoms with Gasteiger partial charge in [0.25, 0.3) is 11.8 Å². The Morgan fingerprint density at radius 2 is 1.68 bits per heavy atom. The number of hydrogen-bond donors (Lipinski definition) is 1. The molecule has 34 heavy (non-hydrogen) atoms. The molecule has 0 aliphatic carbocycles. The van der Waals surface area contributed by atoms with Gasteiger partial charge in [0.2, 0.25) is 0 Å². The monoisotopic (exact) mass is 520 g/mol. The van der Waals surface area contributed by atoms with Crippen LogP contribution in [0.4, 0.5) is 10.5 Å². The number of halogens is 1. The van der Waals surface area contributed by atoms with Gasteiger partial charge >= 0.3 is 6.03 Å². The van der Waals surface area contributed by atoms with Gasteiger partial charge in [-0.05, 0) is 61.0 Å². The van der Waals surface area contributed by atoms with Crippen LogP contribution in [0.3, 0.4) is 0 Å². The Bertz CT molecular complexity index is 1260. The summed E-state index contributed by atoms with van der Waals surface area (Å²) in [6.07, 6.45) is 1.42. The van der Waals surface area contributed by atoms with Gasteiger partial charge in [0.1, 0.15) is 23.7 Å². The fourth-order valence-corrected chi connectivity index (χ4v) is 3.78. The first-order valence-corrected chi connectivity index (χ1v) is 11.4. The van der Waals surface area contributed by atoms with Crippen molar-refractivity contribution >= 4 is 45.5 Å². The molecule has 172 valence electrons. The predicted molar refractivity (Wildman–Crippen MR) is 132 cm³/mol. The van der Waals surface area contributed by atoms with Crippen LogP contribution in [0, 0.1) is 0 Å². The lowest BCUT2D eigenvalue weighted by Crippen LogP contribution is -2.54. The zero-order valence-corrected chi connectivity index (χ0v) is 19.9. The second kappa shape index (κ2) is 10.4. The van der Waals surface area contributed by atoms with Crippen LogP contribution in [0.1, 0.15) is 18.1 Å². The van der Waals surface area contributed by atoms with E-state index in [-0.39, 0.29) is 5.57 Å². The highest BCUT2D eigenvalue weighted by atomic mass is 79.9. The Labute approximate surface area is 205 Å². The van der Waals surface area contributed by atoms with E-state index in [1.807, 2.05) is 37.3 Å². The zero-order valence-electron chi connectivity index (χ0n) is 18.3. The van der Waals surface area contributed by atoms with Crippen molar-refractivity contribution in [1.82, 2.24) is 5.32 Å². The van der Waals surface area contributed by atoms with Crippen LogP contribution in [0.2, 0.25) is 0 Å². The van der Waals surface area contributed by atoms with E-state index in [4.69, 9.17) is 9.47 Å². The maximum absolute atomic E-state index is 13.2. The van der Waals surface area contributed by atoms with Crippen molar-refractivity contribution in [3.05, 3.63) is 94.0 Å². The SMILES string of the molecule is CCOc1ccc(Br)cc1/C=C1\C(=O)NC(=O)N(c2ccc(OCc3ccccc3)cc2)C1=O. The molecule has 8 heteroatoms. The molecule has 1 heterocycles. The van der Waals surface area contributed by atoms with Gasteiger partial charge in [-0.2, -0.15) is 0 Å². The van der Waals surface area contributed by atoms with Crippen molar-refractivity contribution < 1.29 is 23.9 Å². The molecule has 1 fully saturated rings. The van der Waals surface area contributed by atoms with E-state index in [0.29, 0.717) is 36.0 Å². The van der Waals surface area contributed by atoms with Crippen LogP contribution in [0.15, 0.2) is 82.8 Å². The van der Waals surface area contributed by atoms with Crippen molar-refractivity contribution in [2.45, 2.75) is 13.5 Å². The molecular weight excluding hydrogens is 500 g/mol. The Morgan fingerprint density at radius 3 is 2.38 bits per heavy atom. The first kappa shape index (κ1) is 23.3. The van der Waals surface area contributed by atoms with Gasteiger partial charge in [-0.15, -0.1) is 0 Å². The fourth-order valence-electron chi connectivity index (χ4n) is 3.40. The molecule has 0 spiro atoms. The maximum atomic E-state index is 13.2. The van der Waals surface area contributed by atoms with Gasteiger partial charge < -0.3 is 9.47 Å². The summed E-state index contributed by atoms with van der Waals surface area (Å²) in [5, 5.41) is 2.23. The van der Waals surface area contributed by atoms with Gasteiger partial charge in [0.05, 0.1) is 12.3 Å². The second-order valence-electron chi connectivity index (χ2n) is 7.34. The Balaban J connectivity index is 1.58. The van der Waals surface area contributed by atoms with E-state index in [1.165, 1.54) is 6.08 Å². The minimum Gasteiger partial charge on any atom is -0.493 e. The molecule has 1 aliphatic heterocycles. The average Bonchev–Trinajstić information content (AvgIpc) is 2.83. The summed E-state index contributed by atoms with van der Waals surface area (Å²) in [7, 11) is 0. The van der Waals surface area contributed by atoms with E-state index in [9.17, 15) is 14.4 Å². The number of nitrogens with one attached hydrogen (secondary N) is 1. The molecule has 4 rings (SSSR count). The molecule has 3 aromatic carbocycles. The van der Waals surface area contributed by atoms with Crippen molar-refractivity contribution in [2.24, 2.45) is 0 Å². The number of anilines is 1. The van der Waals surface area contributed by atoms with E-state index >= 15 is 0 Å². The molecule has 0 unspecified atom stereocenters. The first-order chi connectivity index (χ1) is 16.5. The highest BCUT2D eigenvalue weighted by molar-refractivity contribution is 9.10. The lowest BCUT2D eigenvalue weighted by Gasteiger charge is -2.26. The third-order valence-electron chi connectivity index (χ3n) is 5.02. The van der Waals surface area contributed by atoms with Crippen LogP contribution in [0.25, 0.3) is 6.08 Å². The Hall–Kier alpha value is -3.91. The molecule has 3 aromatic rings. The summed E-state index contributed by atoms with van der Waals surface area (Å²) < 4.78 is 12.1. The number of carbonyl (C=O) groups excluding carboxylic acids is 3. The summed E-state index contributed by atoms with van der Waals surface area (Å²) in [6, 6.07) is 20.7. The van der Waals surface area contributed by atoms with Crippen LogP contribution in [-0.4, -0.2) is 24.5 Å². The molecule has 0 bridgehead atoms. The molecule has 0 saturated carbocycles. The zero-order chi connectivity index (χ0) is 24.1. The molecule has 1 saturated heterocycles. The van der Waals surface area contributed by atoms with E-state index in [0.717, 1.165) is 14.9 Å². The Kier molecular flexibility index (Phi) is 7.08. The third kappa shape index (κ3) is 5.18.